The van der Waals surface area contributed by atoms with E-state index in [9.17, 15) is 4.79 Å². The Labute approximate surface area is 166 Å². The van der Waals surface area contributed by atoms with E-state index in [2.05, 4.69) is 20.9 Å². The molecule has 134 valence electrons. The third-order valence-corrected chi connectivity index (χ3v) is 5.71. The first-order chi connectivity index (χ1) is 12.3. The molecule has 0 aliphatic carbocycles. The third-order valence-electron chi connectivity index (χ3n) is 4.01. The van der Waals surface area contributed by atoms with Gasteiger partial charge in [0.05, 0.1) is 16.3 Å². The minimum atomic E-state index is -0.0336. The predicted molar refractivity (Wildman–Crippen MR) is 115 cm³/mol. The van der Waals surface area contributed by atoms with Gasteiger partial charge in [0, 0.05) is 25.6 Å². The van der Waals surface area contributed by atoms with Gasteiger partial charge in [-0.25, -0.2) is 4.99 Å². The summed E-state index contributed by atoms with van der Waals surface area (Å²) in [6.07, 6.45) is 1.91. The largest absolute Gasteiger partial charge is 0.377 e. The van der Waals surface area contributed by atoms with Crippen LogP contribution < -0.4 is 4.90 Å². The van der Waals surface area contributed by atoms with Gasteiger partial charge in [-0.2, -0.15) is 0 Å². The minimum Gasteiger partial charge on any atom is -0.377 e. The maximum atomic E-state index is 12.6. The van der Waals surface area contributed by atoms with Crippen LogP contribution in [-0.2, 0) is 4.79 Å². The van der Waals surface area contributed by atoms with E-state index in [1.54, 1.807) is 11.9 Å². The van der Waals surface area contributed by atoms with Crippen molar-refractivity contribution in [1.29, 1.82) is 0 Å². The number of hydrogen-bond acceptors (Lipinski definition) is 4. The zero-order valence-electron chi connectivity index (χ0n) is 15.2. The number of amidine groups is 1. The summed E-state index contributed by atoms with van der Waals surface area (Å²) in [5, 5.41) is 0.689. The summed E-state index contributed by atoms with van der Waals surface area (Å²) in [7, 11) is 5.75. The van der Waals surface area contributed by atoms with Crippen LogP contribution in [0.5, 0.6) is 0 Å². The Morgan fingerprint density at radius 1 is 1.15 bits per heavy atom. The van der Waals surface area contributed by atoms with Crippen molar-refractivity contribution in [2.24, 2.45) is 4.99 Å². The van der Waals surface area contributed by atoms with Gasteiger partial charge in [-0.3, -0.25) is 9.69 Å². The molecule has 0 aromatic heterocycles. The number of amides is 1. The van der Waals surface area contributed by atoms with E-state index in [1.165, 1.54) is 17.3 Å². The molecule has 1 fully saturated rings. The number of likely N-dealkylation sites (N-methyl/N-ethyl adjacent to an activating group) is 1. The van der Waals surface area contributed by atoms with Crippen LogP contribution in [-0.4, -0.2) is 37.1 Å². The highest BCUT2D eigenvalue weighted by atomic mass is 79.9. The van der Waals surface area contributed by atoms with Gasteiger partial charge in [-0.05, 0) is 70.5 Å². The van der Waals surface area contributed by atoms with Gasteiger partial charge in [0.1, 0.15) is 0 Å². The zero-order chi connectivity index (χ0) is 18.8. The standard InChI is InChI=1S/C20H20BrN3OS/c1-13-5-8-15(9-6-13)22-20-24(4)19(25)18(26-20)12-14-7-10-17(23(2)3)16(21)11-14/h5-12H,1-4H3/b18-12+,22-20?. The molecule has 0 atom stereocenters. The number of benzene rings is 2. The Bertz CT molecular complexity index is 904. The van der Waals surface area contributed by atoms with Crippen molar-refractivity contribution in [3.05, 3.63) is 63.0 Å². The van der Waals surface area contributed by atoms with Crippen LogP contribution in [0.25, 0.3) is 6.08 Å². The molecule has 0 bridgehead atoms. The highest BCUT2D eigenvalue weighted by Crippen LogP contribution is 2.34. The van der Waals surface area contributed by atoms with Crippen molar-refractivity contribution in [2.45, 2.75) is 6.92 Å². The van der Waals surface area contributed by atoms with Gasteiger partial charge in [0.15, 0.2) is 5.17 Å². The molecule has 0 saturated carbocycles. The minimum absolute atomic E-state index is 0.0336. The second-order valence-electron chi connectivity index (χ2n) is 6.31. The van der Waals surface area contributed by atoms with E-state index >= 15 is 0 Å². The van der Waals surface area contributed by atoms with Crippen LogP contribution in [0, 0.1) is 6.92 Å². The normalized spacial score (nSPS) is 17.4. The topological polar surface area (TPSA) is 35.9 Å². The number of aryl methyl sites for hydroxylation is 1. The van der Waals surface area contributed by atoms with E-state index in [0.29, 0.717) is 10.1 Å². The molecule has 4 nitrogen and oxygen atoms in total. The fraction of sp³-hybridized carbons (Fsp3) is 0.200. The van der Waals surface area contributed by atoms with E-state index in [0.717, 1.165) is 21.4 Å². The summed E-state index contributed by atoms with van der Waals surface area (Å²) in [6, 6.07) is 14.0. The molecular formula is C20H20BrN3OS. The SMILES string of the molecule is Cc1ccc(N=C2S/C(=C/c3ccc(N(C)C)c(Br)c3)C(=O)N2C)cc1. The lowest BCUT2D eigenvalue weighted by molar-refractivity contribution is -0.121. The molecule has 0 unspecified atom stereocenters. The molecule has 26 heavy (non-hydrogen) atoms. The lowest BCUT2D eigenvalue weighted by Crippen LogP contribution is -2.23. The number of nitrogens with zero attached hydrogens (tertiary/aromatic N) is 3. The average Bonchev–Trinajstić information content (AvgIpc) is 2.85. The maximum absolute atomic E-state index is 12.6. The van der Waals surface area contributed by atoms with Crippen LogP contribution in [0.2, 0.25) is 0 Å². The quantitative estimate of drug-likeness (QED) is 0.639. The molecule has 3 rings (SSSR count). The number of anilines is 1. The van der Waals surface area contributed by atoms with Crippen LogP contribution in [0.15, 0.2) is 56.8 Å². The first-order valence-electron chi connectivity index (χ1n) is 8.15. The Kier molecular flexibility index (Phi) is 5.53. The molecule has 2 aromatic rings. The Balaban J connectivity index is 1.87. The number of aliphatic imine (C=N–C) groups is 1. The summed E-state index contributed by atoms with van der Waals surface area (Å²) in [4.78, 5) is 21.5. The number of thioether (sulfide) groups is 1. The highest BCUT2D eigenvalue weighted by molar-refractivity contribution is 9.10. The summed E-state index contributed by atoms with van der Waals surface area (Å²) in [6.45, 7) is 2.04. The van der Waals surface area contributed by atoms with Crippen molar-refractivity contribution >= 4 is 56.2 Å². The molecule has 1 aliphatic heterocycles. The summed E-state index contributed by atoms with van der Waals surface area (Å²) in [5.74, 6) is -0.0336. The Hall–Kier alpha value is -2.05. The lowest BCUT2D eigenvalue weighted by atomic mass is 10.2. The molecule has 1 heterocycles. The van der Waals surface area contributed by atoms with Gasteiger partial charge in [-0.1, -0.05) is 23.8 Å². The molecule has 1 amide bonds. The number of carbonyl (C=O) groups is 1. The van der Waals surface area contributed by atoms with Crippen molar-refractivity contribution in [3.8, 4) is 0 Å². The van der Waals surface area contributed by atoms with Crippen LogP contribution in [0.4, 0.5) is 11.4 Å². The molecule has 0 radical (unpaired) electrons. The summed E-state index contributed by atoms with van der Waals surface area (Å²) in [5.41, 5.74) is 4.10. The van der Waals surface area contributed by atoms with E-state index in [1.807, 2.05) is 74.5 Å². The smallest absolute Gasteiger partial charge is 0.266 e. The number of halogens is 1. The molecule has 1 aliphatic rings. The Morgan fingerprint density at radius 2 is 1.85 bits per heavy atom. The van der Waals surface area contributed by atoms with Crippen molar-refractivity contribution in [1.82, 2.24) is 4.90 Å². The van der Waals surface area contributed by atoms with Crippen molar-refractivity contribution in [2.75, 3.05) is 26.0 Å². The van der Waals surface area contributed by atoms with Crippen LogP contribution in [0.3, 0.4) is 0 Å². The van der Waals surface area contributed by atoms with Crippen molar-refractivity contribution < 1.29 is 4.79 Å². The fourth-order valence-corrected chi connectivity index (χ4v) is 4.25. The van der Waals surface area contributed by atoms with Crippen LogP contribution in [0.1, 0.15) is 11.1 Å². The molecule has 0 spiro atoms. The zero-order valence-corrected chi connectivity index (χ0v) is 17.6. The van der Waals surface area contributed by atoms with Crippen LogP contribution >= 0.6 is 27.7 Å². The number of hydrogen-bond donors (Lipinski definition) is 0. The van der Waals surface area contributed by atoms with E-state index in [-0.39, 0.29) is 5.91 Å². The summed E-state index contributed by atoms with van der Waals surface area (Å²) >= 11 is 4.99. The van der Waals surface area contributed by atoms with E-state index < -0.39 is 0 Å². The molecule has 1 saturated heterocycles. The van der Waals surface area contributed by atoms with Gasteiger partial charge in [0.25, 0.3) is 5.91 Å². The monoisotopic (exact) mass is 429 g/mol. The molecule has 2 aromatic carbocycles. The lowest BCUT2D eigenvalue weighted by Gasteiger charge is -2.14. The second-order valence-corrected chi connectivity index (χ2v) is 8.17. The Morgan fingerprint density at radius 3 is 2.46 bits per heavy atom. The highest BCUT2D eigenvalue weighted by Gasteiger charge is 2.30. The maximum Gasteiger partial charge on any atom is 0.266 e. The van der Waals surface area contributed by atoms with Gasteiger partial charge in [-0.15, -0.1) is 0 Å². The van der Waals surface area contributed by atoms with Gasteiger partial charge in [0.2, 0.25) is 0 Å². The number of rotatable bonds is 3. The first-order valence-corrected chi connectivity index (χ1v) is 9.76. The van der Waals surface area contributed by atoms with Gasteiger partial charge >= 0.3 is 0 Å². The molecular weight excluding hydrogens is 410 g/mol. The molecule has 0 N–H and O–H groups in total. The summed E-state index contributed by atoms with van der Waals surface area (Å²) < 4.78 is 0.995. The fourth-order valence-electron chi connectivity index (χ4n) is 2.51. The number of carbonyl (C=O) groups excluding carboxylic acids is 1. The average molecular weight is 430 g/mol. The second kappa shape index (κ2) is 7.68. The third kappa shape index (κ3) is 4.02. The van der Waals surface area contributed by atoms with Gasteiger partial charge < -0.3 is 4.90 Å². The van der Waals surface area contributed by atoms with E-state index in [4.69, 9.17) is 0 Å². The first kappa shape index (κ1) is 18.7. The van der Waals surface area contributed by atoms with Crippen molar-refractivity contribution in [3.63, 3.8) is 0 Å². The predicted octanol–water partition coefficient (Wildman–Crippen LogP) is 5.06. The molecule has 6 heteroatoms.